The van der Waals surface area contributed by atoms with Crippen molar-refractivity contribution in [2.75, 3.05) is 33.3 Å². The minimum Gasteiger partial charge on any atom is -0.465 e. The third kappa shape index (κ3) is 8.90. The number of methoxy groups -OCH3 is 1. The Morgan fingerprint density at radius 3 is 2.22 bits per heavy atom. The van der Waals surface area contributed by atoms with Crippen LogP contribution in [0.15, 0.2) is 102 Å². The maximum Gasteiger partial charge on any atom is 0.337 e. The maximum atomic E-state index is 13.7. The molecule has 1 aliphatic heterocycles. The first-order valence-electron chi connectivity index (χ1n) is 15.3. The molecule has 0 atom stereocenters. The monoisotopic (exact) mass is 667 g/mol. The van der Waals surface area contributed by atoms with Crippen LogP contribution < -0.4 is 5.32 Å². The summed E-state index contributed by atoms with van der Waals surface area (Å²) in [6, 6.07) is 30.6. The molecule has 4 aromatic rings. The summed E-state index contributed by atoms with van der Waals surface area (Å²) in [5.41, 5.74) is 5.79. The molecule has 1 N–H and O–H groups in total. The van der Waals surface area contributed by atoms with Crippen LogP contribution in [0.25, 0.3) is 11.1 Å². The lowest BCUT2D eigenvalue weighted by molar-refractivity contribution is -0.131. The normalized spacial score (nSPS) is 12.9. The SMILES string of the molecule is COC(=O)c1ccc(CN(Cc2cccc(-c3cccc(C(=O)NCCN4CCCC4)c3)c2)C(=O)Cc2ccccc2Br)cc1. The highest BCUT2D eigenvalue weighted by molar-refractivity contribution is 9.10. The zero-order chi connectivity index (χ0) is 31.6. The fourth-order valence-electron chi connectivity index (χ4n) is 5.58. The van der Waals surface area contributed by atoms with Crippen LogP contribution in [-0.2, 0) is 29.0 Å². The first-order valence-corrected chi connectivity index (χ1v) is 16.1. The number of carbonyl (C=O) groups excluding carboxylic acids is 3. The van der Waals surface area contributed by atoms with Crippen LogP contribution in [0.2, 0.25) is 0 Å². The first-order chi connectivity index (χ1) is 21.9. The Balaban J connectivity index is 1.32. The van der Waals surface area contributed by atoms with E-state index in [1.165, 1.54) is 20.0 Å². The largest absolute Gasteiger partial charge is 0.465 e. The van der Waals surface area contributed by atoms with Crippen LogP contribution in [0, 0.1) is 0 Å². The molecule has 4 aromatic carbocycles. The van der Waals surface area contributed by atoms with Crippen molar-refractivity contribution >= 4 is 33.7 Å². The number of likely N-dealkylation sites (tertiary alicyclic amines) is 1. The first kappa shape index (κ1) is 32.1. The van der Waals surface area contributed by atoms with E-state index in [1.807, 2.05) is 83.8 Å². The minimum absolute atomic E-state index is 0.0167. The van der Waals surface area contributed by atoms with Crippen molar-refractivity contribution < 1.29 is 19.1 Å². The van der Waals surface area contributed by atoms with Gasteiger partial charge in [-0.1, -0.05) is 76.6 Å². The average Bonchev–Trinajstić information content (AvgIpc) is 3.59. The zero-order valence-electron chi connectivity index (χ0n) is 25.5. The molecular weight excluding hydrogens is 630 g/mol. The summed E-state index contributed by atoms with van der Waals surface area (Å²) >= 11 is 3.57. The predicted molar refractivity (Wildman–Crippen MR) is 180 cm³/mol. The standard InChI is InChI=1S/C37H38BrN3O4/c1-45-37(44)29-16-14-27(15-17-29)25-41(35(42)24-32-9-2-3-13-34(32)38)26-28-8-6-10-30(22-28)31-11-7-12-33(23-31)36(43)39-18-21-40-19-4-5-20-40/h2-3,6-17,22-23H,4-5,18-21,24-26H2,1H3,(H,39,43). The van der Waals surface area contributed by atoms with Crippen LogP contribution in [0.1, 0.15) is 50.2 Å². The number of rotatable bonds is 12. The van der Waals surface area contributed by atoms with Crippen LogP contribution in [0.5, 0.6) is 0 Å². The molecule has 5 rings (SSSR count). The van der Waals surface area contributed by atoms with Crippen molar-refractivity contribution in [2.24, 2.45) is 0 Å². The molecule has 7 nitrogen and oxygen atoms in total. The van der Waals surface area contributed by atoms with Crippen molar-refractivity contribution in [1.29, 1.82) is 0 Å². The van der Waals surface area contributed by atoms with Gasteiger partial charge in [0.15, 0.2) is 0 Å². The van der Waals surface area contributed by atoms with Crippen molar-refractivity contribution in [3.63, 3.8) is 0 Å². The Morgan fingerprint density at radius 2 is 1.49 bits per heavy atom. The van der Waals surface area contributed by atoms with Crippen molar-refractivity contribution in [3.8, 4) is 11.1 Å². The Kier molecular flexibility index (Phi) is 11.2. The van der Waals surface area contributed by atoms with Crippen LogP contribution in [0.3, 0.4) is 0 Å². The number of nitrogens with one attached hydrogen (secondary N) is 1. The van der Waals surface area contributed by atoms with E-state index < -0.39 is 5.97 Å². The van der Waals surface area contributed by atoms with Crippen molar-refractivity contribution in [2.45, 2.75) is 32.4 Å². The second-order valence-electron chi connectivity index (χ2n) is 11.3. The van der Waals surface area contributed by atoms with Gasteiger partial charge in [0.2, 0.25) is 5.91 Å². The van der Waals surface area contributed by atoms with Gasteiger partial charge in [-0.25, -0.2) is 4.79 Å². The number of nitrogens with zero attached hydrogens (tertiary/aromatic N) is 2. The van der Waals surface area contributed by atoms with Crippen molar-refractivity contribution in [3.05, 3.63) is 129 Å². The molecule has 0 spiro atoms. The third-order valence-corrected chi connectivity index (χ3v) is 8.85. The Bertz CT molecular complexity index is 1630. The van der Waals surface area contributed by atoms with E-state index in [1.54, 1.807) is 12.1 Å². The molecule has 1 aliphatic rings. The number of ether oxygens (including phenoxy) is 1. The smallest absolute Gasteiger partial charge is 0.337 e. The van der Waals surface area contributed by atoms with Gasteiger partial charge in [-0.3, -0.25) is 9.59 Å². The summed E-state index contributed by atoms with van der Waals surface area (Å²) in [6.07, 6.45) is 2.71. The Labute approximate surface area is 273 Å². The molecule has 1 fully saturated rings. The Morgan fingerprint density at radius 1 is 0.800 bits per heavy atom. The van der Waals surface area contributed by atoms with Crippen LogP contribution in [0.4, 0.5) is 0 Å². The predicted octanol–water partition coefficient (Wildman–Crippen LogP) is 6.50. The van der Waals surface area contributed by atoms with Gasteiger partial charge in [0.05, 0.1) is 19.1 Å². The van der Waals surface area contributed by atoms with Gasteiger partial charge < -0.3 is 19.9 Å². The van der Waals surface area contributed by atoms with Gasteiger partial charge in [-0.15, -0.1) is 0 Å². The fourth-order valence-corrected chi connectivity index (χ4v) is 6.00. The Hall–Kier alpha value is -4.27. The van der Waals surface area contributed by atoms with Gasteiger partial charge in [-0.2, -0.15) is 0 Å². The molecule has 0 radical (unpaired) electrons. The van der Waals surface area contributed by atoms with E-state index in [9.17, 15) is 14.4 Å². The van der Waals surface area contributed by atoms with Gasteiger partial charge in [0, 0.05) is 36.2 Å². The van der Waals surface area contributed by atoms with Crippen molar-refractivity contribution in [1.82, 2.24) is 15.1 Å². The molecule has 0 saturated carbocycles. The third-order valence-electron chi connectivity index (χ3n) is 8.07. The fraction of sp³-hybridized carbons (Fsp3) is 0.270. The van der Waals surface area contributed by atoms with E-state index >= 15 is 0 Å². The lowest BCUT2D eigenvalue weighted by Crippen LogP contribution is -2.33. The topological polar surface area (TPSA) is 79.0 Å². The van der Waals surface area contributed by atoms with Crippen LogP contribution in [-0.4, -0.2) is 60.9 Å². The molecule has 0 bridgehead atoms. The summed E-state index contributed by atoms with van der Waals surface area (Å²) in [6.45, 7) is 4.49. The highest BCUT2D eigenvalue weighted by atomic mass is 79.9. The number of esters is 1. The van der Waals surface area contributed by atoms with Gasteiger partial charge in [0.25, 0.3) is 5.91 Å². The number of carbonyl (C=O) groups is 3. The van der Waals surface area contributed by atoms with Gasteiger partial charge in [0.1, 0.15) is 0 Å². The molecule has 0 aromatic heterocycles. The number of hydrogen-bond donors (Lipinski definition) is 1. The van der Waals surface area contributed by atoms with Gasteiger partial charge >= 0.3 is 5.97 Å². The van der Waals surface area contributed by atoms with E-state index in [2.05, 4.69) is 32.2 Å². The molecular formula is C37H38BrN3O4. The highest BCUT2D eigenvalue weighted by Gasteiger charge is 2.18. The minimum atomic E-state index is -0.399. The molecule has 1 heterocycles. The summed E-state index contributed by atoms with van der Waals surface area (Å²) in [5.74, 6) is -0.491. The quantitative estimate of drug-likeness (QED) is 0.175. The lowest BCUT2D eigenvalue weighted by atomic mass is 10.0. The summed E-state index contributed by atoms with van der Waals surface area (Å²) in [4.78, 5) is 42.8. The molecule has 2 amide bonds. The zero-order valence-corrected chi connectivity index (χ0v) is 27.1. The number of hydrogen-bond acceptors (Lipinski definition) is 5. The van der Waals surface area contributed by atoms with Gasteiger partial charge in [-0.05, 0) is 90.1 Å². The summed E-state index contributed by atoms with van der Waals surface area (Å²) in [5, 5.41) is 3.06. The number of halogens is 1. The van der Waals surface area contributed by atoms with Crippen LogP contribution >= 0.6 is 15.9 Å². The molecule has 232 valence electrons. The average molecular weight is 669 g/mol. The number of amides is 2. The number of benzene rings is 4. The summed E-state index contributed by atoms with van der Waals surface area (Å²) in [7, 11) is 1.36. The van der Waals surface area contributed by atoms with E-state index in [0.717, 1.165) is 51.9 Å². The molecule has 1 saturated heterocycles. The molecule has 0 unspecified atom stereocenters. The van der Waals surface area contributed by atoms with E-state index in [0.29, 0.717) is 30.8 Å². The van der Waals surface area contributed by atoms with E-state index in [-0.39, 0.29) is 18.2 Å². The van der Waals surface area contributed by atoms with E-state index in [4.69, 9.17) is 4.74 Å². The molecule has 0 aliphatic carbocycles. The second-order valence-corrected chi connectivity index (χ2v) is 12.1. The maximum absolute atomic E-state index is 13.7. The highest BCUT2D eigenvalue weighted by Crippen LogP contribution is 2.24. The molecule has 45 heavy (non-hydrogen) atoms. The molecule has 8 heteroatoms. The summed E-state index contributed by atoms with van der Waals surface area (Å²) < 4.78 is 5.72. The lowest BCUT2D eigenvalue weighted by Gasteiger charge is -2.24. The second kappa shape index (κ2) is 15.6.